The number of carbonyl (C=O) groups is 2. The van der Waals surface area contributed by atoms with Crippen LogP contribution in [0.4, 0.5) is 5.69 Å². The largest absolute Gasteiger partial charge is 0.352 e. The van der Waals surface area contributed by atoms with Gasteiger partial charge in [-0.25, -0.2) is 8.42 Å². The first-order chi connectivity index (χ1) is 20.0. The average Bonchev–Trinajstić information content (AvgIpc) is 2.96. The first-order valence-electron chi connectivity index (χ1n) is 14.4. The smallest absolute Gasteiger partial charge is 0.244 e. The van der Waals surface area contributed by atoms with Crippen molar-refractivity contribution in [1.82, 2.24) is 10.2 Å². The first kappa shape index (κ1) is 31.6. The van der Waals surface area contributed by atoms with Crippen LogP contribution in [0, 0.1) is 13.8 Å². The molecule has 9 heteroatoms. The zero-order chi connectivity index (χ0) is 30.3. The van der Waals surface area contributed by atoms with Crippen molar-refractivity contribution in [2.45, 2.75) is 71.0 Å². The molecule has 2 amide bonds. The Labute approximate surface area is 254 Å². The van der Waals surface area contributed by atoms with Crippen LogP contribution < -0.4 is 9.62 Å². The van der Waals surface area contributed by atoms with Gasteiger partial charge in [-0.3, -0.25) is 13.9 Å². The van der Waals surface area contributed by atoms with E-state index in [0.717, 1.165) is 64.9 Å². The summed E-state index contributed by atoms with van der Waals surface area (Å²) in [6.07, 6.45) is 6.47. The molecule has 0 aromatic heterocycles. The Morgan fingerprint density at radius 1 is 0.905 bits per heavy atom. The second-order valence-electron chi connectivity index (χ2n) is 11.2. The SMILES string of the molecule is Cc1ccc(N(CC(=O)N(Cc2ccc(Cl)cc2)C(Cc2ccccc2)C(=O)NC2CCCCC2)S(C)(=O)=O)cc1C. The van der Waals surface area contributed by atoms with Crippen LogP contribution in [0.1, 0.15) is 54.4 Å². The molecule has 1 atom stereocenters. The van der Waals surface area contributed by atoms with Gasteiger partial charge in [-0.1, -0.05) is 79.4 Å². The number of benzene rings is 3. The third kappa shape index (κ3) is 8.58. The lowest BCUT2D eigenvalue weighted by atomic mass is 9.94. The van der Waals surface area contributed by atoms with Gasteiger partial charge in [0.25, 0.3) is 0 Å². The summed E-state index contributed by atoms with van der Waals surface area (Å²) in [5.41, 5.74) is 4.04. The highest BCUT2D eigenvalue weighted by Gasteiger charge is 2.34. The number of nitrogens with one attached hydrogen (secondary N) is 1. The Kier molecular flexibility index (Phi) is 10.7. The molecular weight excluding hydrogens is 570 g/mol. The minimum absolute atomic E-state index is 0.0556. The van der Waals surface area contributed by atoms with E-state index in [0.29, 0.717) is 17.1 Å². The van der Waals surface area contributed by atoms with E-state index in [1.54, 1.807) is 24.3 Å². The van der Waals surface area contributed by atoms with Crippen LogP contribution in [0.5, 0.6) is 0 Å². The van der Waals surface area contributed by atoms with E-state index >= 15 is 0 Å². The number of halogens is 1. The molecule has 224 valence electrons. The lowest BCUT2D eigenvalue weighted by Gasteiger charge is -2.35. The highest BCUT2D eigenvalue weighted by molar-refractivity contribution is 7.92. The van der Waals surface area contributed by atoms with Gasteiger partial charge in [0.05, 0.1) is 11.9 Å². The van der Waals surface area contributed by atoms with Gasteiger partial charge in [0.1, 0.15) is 12.6 Å². The van der Waals surface area contributed by atoms with Crippen LogP contribution in [-0.4, -0.2) is 50.0 Å². The van der Waals surface area contributed by atoms with E-state index in [9.17, 15) is 18.0 Å². The van der Waals surface area contributed by atoms with E-state index in [1.807, 2.05) is 62.4 Å². The molecule has 0 heterocycles. The second-order valence-corrected chi connectivity index (χ2v) is 13.6. The molecule has 7 nitrogen and oxygen atoms in total. The average molecular weight is 610 g/mol. The molecule has 1 aliphatic rings. The van der Waals surface area contributed by atoms with Crippen molar-refractivity contribution in [2.24, 2.45) is 0 Å². The van der Waals surface area contributed by atoms with E-state index in [4.69, 9.17) is 11.6 Å². The van der Waals surface area contributed by atoms with Crippen molar-refractivity contribution in [3.8, 4) is 0 Å². The summed E-state index contributed by atoms with van der Waals surface area (Å²) < 4.78 is 27.1. The second kappa shape index (κ2) is 14.2. The maximum Gasteiger partial charge on any atom is 0.244 e. The molecule has 1 saturated carbocycles. The summed E-state index contributed by atoms with van der Waals surface area (Å²) >= 11 is 6.13. The van der Waals surface area contributed by atoms with Crippen LogP contribution in [0.25, 0.3) is 0 Å². The summed E-state index contributed by atoms with van der Waals surface area (Å²) in [5.74, 6) is -0.696. The van der Waals surface area contributed by atoms with Crippen LogP contribution in [0.2, 0.25) is 5.02 Å². The van der Waals surface area contributed by atoms with E-state index < -0.39 is 28.5 Å². The third-order valence-electron chi connectivity index (χ3n) is 7.95. The molecule has 0 aliphatic heterocycles. The molecule has 1 fully saturated rings. The fourth-order valence-corrected chi connectivity index (χ4v) is 6.35. The van der Waals surface area contributed by atoms with Gasteiger partial charge < -0.3 is 10.2 Å². The van der Waals surface area contributed by atoms with Gasteiger partial charge in [-0.05, 0) is 73.2 Å². The Morgan fingerprint density at radius 2 is 1.57 bits per heavy atom. The summed E-state index contributed by atoms with van der Waals surface area (Å²) in [6.45, 7) is 3.54. The number of carbonyl (C=O) groups excluding carboxylic acids is 2. The fourth-order valence-electron chi connectivity index (χ4n) is 5.38. The number of nitrogens with zero attached hydrogens (tertiary/aromatic N) is 2. The molecule has 1 unspecified atom stereocenters. The van der Waals surface area contributed by atoms with Crippen LogP contribution >= 0.6 is 11.6 Å². The van der Waals surface area contributed by atoms with Gasteiger partial charge >= 0.3 is 0 Å². The molecule has 4 rings (SSSR count). The highest BCUT2D eigenvalue weighted by Crippen LogP contribution is 2.24. The van der Waals surface area contributed by atoms with E-state index in [-0.39, 0.29) is 18.5 Å². The molecule has 0 radical (unpaired) electrons. The third-order valence-corrected chi connectivity index (χ3v) is 9.34. The van der Waals surface area contributed by atoms with Crippen LogP contribution in [0.15, 0.2) is 72.8 Å². The normalized spacial score (nSPS) is 14.7. The Bertz CT molecular complexity index is 1470. The van der Waals surface area contributed by atoms with Gasteiger partial charge in [0.2, 0.25) is 21.8 Å². The maximum absolute atomic E-state index is 14.2. The van der Waals surface area contributed by atoms with Crippen molar-refractivity contribution in [1.29, 1.82) is 0 Å². The Balaban J connectivity index is 1.72. The molecule has 42 heavy (non-hydrogen) atoms. The molecule has 0 bridgehead atoms. The summed E-state index contributed by atoms with van der Waals surface area (Å²) in [4.78, 5) is 29.7. The lowest BCUT2D eigenvalue weighted by molar-refractivity contribution is -0.140. The molecule has 3 aromatic rings. The zero-order valence-electron chi connectivity index (χ0n) is 24.6. The summed E-state index contributed by atoms with van der Waals surface area (Å²) in [6, 6.07) is 21.2. The Morgan fingerprint density at radius 3 is 2.19 bits per heavy atom. The standard InChI is InChI=1S/C33H40ClN3O4S/c1-24-14-19-30(20-25(24)2)37(42(3,40)41)23-32(38)36(22-27-15-17-28(34)18-16-27)31(21-26-10-6-4-7-11-26)33(39)35-29-12-8-5-9-13-29/h4,6-7,10-11,14-20,29,31H,5,8-9,12-13,21-23H2,1-3H3,(H,35,39). The number of rotatable bonds is 11. The van der Waals surface area contributed by atoms with Crippen LogP contribution in [-0.2, 0) is 32.6 Å². The topological polar surface area (TPSA) is 86.8 Å². The molecule has 0 spiro atoms. The van der Waals surface area contributed by atoms with Crippen molar-refractivity contribution < 1.29 is 18.0 Å². The highest BCUT2D eigenvalue weighted by atomic mass is 35.5. The number of anilines is 1. The monoisotopic (exact) mass is 609 g/mol. The molecule has 1 N–H and O–H groups in total. The van der Waals surface area contributed by atoms with Crippen LogP contribution in [0.3, 0.4) is 0 Å². The quantitative estimate of drug-likeness (QED) is 0.297. The van der Waals surface area contributed by atoms with Crippen molar-refractivity contribution in [3.63, 3.8) is 0 Å². The number of sulfonamides is 1. The van der Waals surface area contributed by atoms with E-state index in [2.05, 4.69) is 5.32 Å². The van der Waals surface area contributed by atoms with E-state index in [1.165, 1.54) is 4.90 Å². The van der Waals surface area contributed by atoms with Crippen molar-refractivity contribution in [3.05, 3.63) is 100 Å². The number of hydrogen-bond donors (Lipinski definition) is 1. The molecule has 0 saturated heterocycles. The maximum atomic E-state index is 14.2. The molecule has 1 aliphatic carbocycles. The number of amides is 2. The summed E-state index contributed by atoms with van der Waals surface area (Å²) in [7, 11) is -3.81. The predicted octanol–water partition coefficient (Wildman–Crippen LogP) is 5.81. The summed E-state index contributed by atoms with van der Waals surface area (Å²) in [5, 5.41) is 3.77. The molecular formula is C33H40ClN3O4S. The minimum atomic E-state index is -3.81. The van der Waals surface area contributed by atoms with Gasteiger partial charge in [-0.2, -0.15) is 0 Å². The first-order valence-corrected chi connectivity index (χ1v) is 16.7. The Hall–Kier alpha value is -3.36. The minimum Gasteiger partial charge on any atom is -0.352 e. The fraction of sp³-hybridized carbons (Fsp3) is 0.394. The van der Waals surface area contributed by atoms with Crippen molar-refractivity contribution in [2.75, 3.05) is 17.1 Å². The van der Waals surface area contributed by atoms with Gasteiger partial charge in [0, 0.05) is 24.0 Å². The molecule has 3 aromatic carbocycles. The van der Waals surface area contributed by atoms with Crippen molar-refractivity contribution >= 4 is 39.1 Å². The van der Waals surface area contributed by atoms with Gasteiger partial charge in [0.15, 0.2) is 0 Å². The number of aryl methyl sites for hydroxylation is 2. The number of hydrogen-bond acceptors (Lipinski definition) is 4. The van der Waals surface area contributed by atoms with Gasteiger partial charge in [-0.15, -0.1) is 0 Å². The zero-order valence-corrected chi connectivity index (χ0v) is 26.1. The predicted molar refractivity (Wildman–Crippen MR) is 169 cm³/mol. The lowest BCUT2D eigenvalue weighted by Crippen LogP contribution is -2.55.